The van der Waals surface area contributed by atoms with Crippen molar-refractivity contribution in [3.8, 4) is 0 Å². The third kappa shape index (κ3) is 3.01. The summed E-state index contributed by atoms with van der Waals surface area (Å²) in [5.41, 5.74) is 4.47. The van der Waals surface area contributed by atoms with Gasteiger partial charge in [0.15, 0.2) is 5.65 Å². The first kappa shape index (κ1) is 15.0. The van der Waals surface area contributed by atoms with Crippen LogP contribution in [0.4, 0.5) is 0 Å². The lowest BCUT2D eigenvalue weighted by molar-refractivity contribution is 0.397. The molecule has 1 atom stereocenters. The summed E-state index contributed by atoms with van der Waals surface area (Å²) in [4.78, 5) is 9.08. The van der Waals surface area contributed by atoms with Crippen molar-refractivity contribution in [1.29, 1.82) is 0 Å². The van der Waals surface area contributed by atoms with Gasteiger partial charge < -0.3 is 9.72 Å². The van der Waals surface area contributed by atoms with E-state index in [2.05, 4.69) is 21.6 Å². The van der Waals surface area contributed by atoms with Crippen molar-refractivity contribution >= 4 is 5.65 Å². The Labute approximate surface area is 121 Å². The molecule has 1 saturated heterocycles. The number of hydrogen-bond donors (Lipinski definition) is 1. The normalized spacial score (nSPS) is 18.7. The molecule has 110 valence electrons. The largest absolute Gasteiger partial charge is 0.314 e. The van der Waals surface area contributed by atoms with Crippen LogP contribution in [0.2, 0.25) is 0 Å². The first-order chi connectivity index (χ1) is 9.75. The zero-order chi connectivity index (χ0) is 14.5. The molecule has 1 aliphatic heterocycles. The molecular formula is C16H26N4. The number of aryl methyl sites for hydroxylation is 2. The lowest BCUT2D eigenvalue weighted by atomic mass is 10.00. The maximum atomic E-state index is 4.77. The number of nitrogens with zero attached hydrogens (tertiary/aromatic N) is 3. The van der Waals surface area contributed by atoms with E-state index >= 15 is 0 Å². The third-order valence-corrected chi connectivity index (χ3v) is 3.91. The van der Waals surface area contributed by atoms with E-state index in [4.69, 9.17) is 4.98 Å². The van der Waals surface area contributed by atoms with Gasteiger partial charge in [0, 0.05) is 30.6 Å². The van der Waals surface area contributed by atoms with Gasteiger partial charge in [0.05, 0.1) is 11.4 Å². The molecular weight excluding hydrogens is 248 g/mol. The second-order valence-corrected chi connectivity index (χ2v) is 5.20. The van der Waals surface area contributed by atoms with E-state index in [0.29, 0.717) is 6.04 Å². The summed E-state index contributed by atoms with van der Waals surface area (Å²) in [7, 11) is 0. The van der Waals surface area contributed by atoms with Crippen LogP contribution in [-0.4, -0.2) is 27.0 Å². The van der Waals surface area contributed by atoms with Gasteiger partial charge in [-0.3, -0.25) is 4.98 Å². The molecule has 4 nitrogen and oxygen atoms in total. The van der Waals surface area contributed by atoms with Crippen LogP contribution in [0.15, 0.2) is 12.4 Å². The van der Waals surface area contributed by atoms with Crippen LogP contribution in [0.3, 0.4) is 0 Å². The van der Waals surface area contributed by atoms with Crippen molar-refractivity contribution in [2.45, 2.75) is 59.4 Å². The molecule has 2 aromatic heterocycles. The van der Waals surface area contributed by atoms with Gasteiger partial charge in [0.2, 0.25) is 0 Å². The molecule has 1 aliphatic rings. The monoisotopic (exact) mass is 274 g/mol. The first-order valence-corrected chi connectivity index (χ1v) is 7.78. The molecule has 0 unspecified atom stereocenters. The molecule has 0 aliphatic carbocycles. The van der Waals surface area contributed by atoms with Gasteiger partial charge in [0.1, 0.15) is 0 Å². The minimum atomic E-state index is 0.593. The lowest BCUT2D eigenvalue weighted by Crippen LogP contribution is -2.35. The highest BCUT2D eigenvalue weighted by Gasteiger charge is 2.17. The smallest absolute Gasteiger partial charge is 0.158 e. The molecule has 0 spiro atoms. The molecule has 1 N–H and O–H groups in total. The van der Waals surface area contributed by atoms with E-state index in [9.17, 15) is 0 Å². The SMILES string of the molecule is CC.Cc1nccn2c(C)c(C[C@@H]3CCCCN3)nc12. The van der Waals surface area contributed by atoms with Crippen LogP contribution in [0.1, 0.15) is 50.2 Å². The Morgan fingerprint density at radius 3 is 2.75 bits per heavy atom. The summed E-state index contributed by atoms with van der Waals surface area (Å²) < 4.78 is 2.15. The van der Waals surface area contributed by atoms with Crippen LogP contribution in [0.5, 0.6) is 0 Å². The maximum absolute atomic E-state index is 4.77. The lowest BCUT2D eigenvalue weighted by Gasteiger charge is -2.22. The molecule has 0 radical (unpaired) electrons. The first-order valence-electron chi connectivity index (χ1n) is 7.78. The van der Waals surface area contributed by atoms with Crippen LogP contribution in [-0.2, 0) is 6.42 Å². The summed E-state index contributed by atoms with van der Waals surface area (Å²) in [5, 5.41) is 3.59. The molecule has 20 heavy (non-hydrogen) atoms. The fourth-order valence-electron chi connectivity index (χ4n) is 2.79. The zero-order valence-electron chi connectivity index (χ0n) is 13.1. The van der Waals surface area contributed by atoms with Crippen molar-refractivity contribution in [3.63, 3.8) is 0 Å². The maximum Gasteiger partial charge on any atom is 0.158 e. The Balaban J connectivity index is 0.000000704. The highest BCUT2D eigenvalue weighted by atomic mass is 15.0. The highest BCUT2D eigenvalue weighted by Crippen LogP contribution is 2.18. The number of fused-ring (bicyclic) bond motifs is 1. The molecule has 3 rings (SSSR count). The standard InChI is InChI=1S/C14H20N4.C2H6/c1-10-14-17-13(9-12-5-3-4-6-16-12)11(2)18(14)8-7-15-10;1-2/h7-8,12,16H,3-6,9H2,1-2H3;1-2H3/t12-;/m0./s1. The van der Waals surface area contributed by atoms with Crippen molar-refractivity contribution in [2.75, 3.05) is 6.54 Å². The molecule has 1 fully saturated rings. The Hall–Kier alpha value is -1.42. The van der Waals surface area contributed by atoms with Crippen LogP contribution in [0, 0.1) is 13.8 Å². The zero-order valence-corrected chi connectivity index (χ0v) is 13.1. The van der Waals surface area contributed by atoms with Crippen molar-refractivity contribution in [2.24, 2.45) is 0 Å². The van der Waals surface area contributed by atoms with Crippen LogP contribution >= 0.6 is 0 Å². The van der Waals surface area contributed by atoms with Gasteiger partial charge in [-0.05, 0) is 33.2 Å². The number of aromatic nitrogens is 3. The summed E-state index contributed by atoms with van der Waals surface area (Å²) in [6.45, 7) is 9.32. The van der Waals surface area contributed by atoms with E-state index in [0.717, 1.165) is 24.3 Å². The summed E-state index contributed by atoms with van der Waals surface area (Å²) >= 11 is 0. The molecule has 2 aromatic rings. The van der Waals surface area contributed by atoms with Gasteiger partial charge in [-0.1, -0.05) is 20.3 Å². The Morgan fingerprint density at radius 1 is 1.30 bits per heavy atom. The van der Waals surface area contributed by atoms with Crippen molar-refractivity contribution in [3.05, 3.63) is 29.5 Å². The van der Waals surface area contributed by atoms with E-state index < -0.39 is 0 Å². The molecule has 4 heteroatoms. The molecule has 0 saturated carbocycles. The quantitative estimate of drug-likeness (QED) is 0.915. The number of piperidine rings is 1. The predicted octanol–water partition coefficient (Wildman–Crippen LogP) is 3.06. The third-order valence-electron chi connectivity index (χ3n) is 3.91. The second kappa shape index (κ2) is 6.84. The van der Waals surface area contributed by atoms with Crippen LogP contribution in [0.25, 0.3) is 5.65 Å². The van der Waals surface area contributed by atoms with Crippen molar-refractivity contribution in [1.82, 2.24) is 19.7 Å². The number of imidazole rings is 1. The fraction of sp³-hybridized carbons (Fsp3) is 0.625. The number of hydrogen-bond acceptors (Lipinski definition) is 3. The molecule has 3 heterocycles. The summed E-state index contributed by atoms with van der Waals surface area (Å²) in [6.07, 6.45) is 8.80. The average molecular weight is 274 g/mol. The minimum Gasteiger partial charge on any atom is -0.314 e. The van der Waals surface area contributed by atoms with Crippen LogP contribution < -0.4 is 5.32 Å². The van der Waals surface area contributed by atoms with E-state index in [1.807, 2.05) is 33.2 Å². The number of rotatable bonds is 2. The van der Waals surface area contributed by atoms with Gasteiger partial charge in [0.25, 0.3) is 0 Å². The fourth-order valence-corrected chi connectivity index (χ4v) is 2.79. The van der Waals surface area contributed by atoms with Gasteiger partial charge in [-0.25, -0.2) is 4.98 Å². The highest BCUT2D eigenvalue weighted by molar-refractivity contribution is 5.46. The minimum absolute atomic E-state index is 0.593. The van der Waals surface area contributed by atoms with E-state index in [1.54, 1.807) is 0 Å². The molecule has 0 amide bonds. The predicted molar refractivity (Wildman–Crippen MR) is 83.2 cm³/mol. The topological polar surface area (TPSA) is 42.2 Å². The summed E-state index contributed by atoms with van der Waals surface area (Å²) in [5.74, 6) is 0. The van der Waals surface area contributed by atoms with E-state index in [1.165, 1.54) is 30.7 Å². The molecule has 0 bridgehead atoms. The molecule has 0 aromatic carbocycles. The Morgan fingerprint density at radius 2 is 2.10 bits per heavy atom. The van der Waals surface area contributed by atoms with Gasteiger partial charge in [-0.2, -0.15) is 0 Å². The summed E-state index contributed by atoms with van der Waals surface area (Å²) in [6, 6.07) is 0.593. The number of nitrogens with one attached hydrogen (secondary N) is 1. The van der Waals surface area contributed by atoms with E-state index in [-0.39, 0.29) is 0 Å². The van der Waals surface area contributed by atoms with Gasteiger partial charge in [-0.15, -0.1) is 0 Å². The van der Waals surface area contributed by atoms with Crippen molar-refractivity contribution < 1.29 is 0 Å². The Bertz CT molecular complexity index is 553. The second-order valence-electron chi connectivity index (χ2n) is 5.20. The van der Waals surface area contributed by atoms with Gasteiger partial charge >= 0.3 is 0 Å². The average Bonchev–Trinajstić information content (AvgIpc) is 2.81. The Kier molecular flexibility index (Phi) is 5.12.